The number of aryl methyl sites for hydroxylation is 3. The lowest BCUT2D eigenvalue weighted by Crippen LogP contribution is -1.98. The molecule has 0 bridgehead atoms. The first-order valence-electron chi connectivity index (χ1n) is 9.22. The van der Waals surface area contributed by atoms with Crippen LogP contribution in [0.1, 0.15) is 33.5 Å². The number of rotatable bonds is 1. The van der Waals surface area contributed by atoms with Crippen molar-refractivity contribution in [3.63, 3.8) is 0 Å². The van der Waals surface area contributed by atoms with Gasteiger partial charge in [-0.25, -0.2) is 29.9 Å². The molecule has 0 atom stereocenters. The first kappa shape index (κ1) is 22.7. The minimum atomic E-state index is 0.443. The number of imidazole rings is 2. The van der Waals surface area contributed by atoms with E-state index in [1.807, 2.05) is 64.9 Å². The smallest absolute Gasteiger partial charge is 0.165 e. The molecule has 10 heteroatoms. The monoisotopic (exact) mass is 386 g/mol. The van der Waals surface area contributed by atoms with E-state index in [0.29, 0.717) is 17.2 Å². The Labute approximate surface area is 165 Å². The molecule has 0 spiro atoms. The van der Waals surface area contributed by atoms with Gasteiger partial charge in [-0.2, -0.15) is 0 Å². The molecule has 0 radical (unpaired) electrons. The third kappa shape index (κ3) is 4.90. The highest BCUT2D eigenvalue weighted by molar-refractivity contribution is 5.82. The predicted octanol–water partition coefficient (Wildman–Crippen LogP) is 2.71. The van der Waals surface area contributed by atoms with Crippen LogP contribution in [0.4, 0.5) is 11.6 Å². The number of aromatic nitrogens is 8. The first-order chi connectivity index (χ1) is 13.5. The van der Waals surface area contributed by atoms with Crippen LogP contribution in [-0.4, -0.2) is 46.1 Å². The average Bonchev–Trinajstić information content (AvgIpc) is 3.29. The number of nitrogens with two attached hydrogens (primary N) is 1. The Morgan fingerprint density at radius 2 is 1.39 bits per heavy atom. The third-order valence-corrected chi connectivity index (χ3v) is 3.43. The van der Waals surface area contributed by atoms with Crippen molar-refractivity contribution in [1.29, 1.82) is 0 Å². The Hall–Kier alpha value is -3.30. The summed E-state index contributed by atoms with van der Waals surface area (Å²) >= 11 is 0. The number of fused-ring (bicyclic) bond motifs is 2. The van der Waals surface area contributed by atoms with Crippen LogP contribution in [0.3, 0.4) is 0 Å². The first-order valence-corrected chi connectivity index (χ1v) is 9.22. The van der Waals surface area contributed by atoms with E-state index < -0.39 is 0 Å². The van der Waals surface area contributed by atoms with Gasteiger partial charge in [-0.05, 0) is 6.92 Å². The van der Waals surface area contributed by atoms with Gasteiger partial charge in [0.2, 0.25) is 0 Å². The lowest BCUT2D eigenvalue weighted by Gasteiger charge is -1.98. The topological polar surface area (TPSA) is 125 Å². The Morgan fingerprint density at radius 3 is 2.00 bits per heavy atom. The van der Waals surface area contributed by atoms with Crippen LogP contribution in [0, 0.1) is 6.92 Å². The molecule has 0 aliphatic heterocycles. The van der Waals surface area contributed by atoms with E-state index >= 15 is 0 Å². The maximum absolute atomic E-state index is 5.64. The Morgan fingerprint density at radius 1 is 0.821 bits per heavy atom. The Balaban J connectivity index is 0.000000238. The van der Waals surface area contributed by atoms with E-state index in [9.17, 15) is 0 Å². The van der Waals surface area contributed by atoms with Crippen molar-refractivity contribution >= 4 is 34.0 Å². The zero-order valence-electron chi connectivity index (χ0n) is 17.9. The fraction of sp³-hybridized carbons (Fsp3) is 0.444. The standard InChI is InChI=1S/2C7H9N5.2C2H6/c1-8-6-5-7(10-3-9-6)12(2)4-11-5;1-4-10-6(8)5-7(11-4)12(2)3-9-5;2*1-2/h3-4H,1-2H3,(H,8,9,10);3H,1-2H3,(H2,8,10,11);2*1-2H3. The molecule has 4 rings (SSSR count). The van der Waals surface area contributed by atoms with Gasteiger partial charge in [0.1, 0.15) is 23.2 Å². The maximum Gasteiger partial charge on any atom is 0.165 e. The fourth-order valence-corrected chi connectivity index (χ4v) is 2.27. The summed E-state index contributed by atoms with van der Waals surface area (Å²) in [6.07, 6.45) is 4.92. The zero-order valence-corrected chi connectivity index (χ0v) is 17.9. The molecule has 28 heavy (non-hydrogen) atoms. The molecule has 0 aromatic carbocycles. The van der Waals surface area contributed by atoms with Crippen molar-refractivity contribution in [3.8, 4) is 0 Å². The zero-order chi connectivity index (χ0) is 21.3. The van der Waals surface area contributed by atoms with Crippen LogP contribution >= 0.6 is 0 Å². The SMILES string of the molecule is CC.CC.CNc1ncnc2c1ncn2C.Cc1nc(N)c2ncn(C)c2n1. The Bertz CT molecular complexity index is 1000. The molecule has 0 saturated heterocycles. The fourth-order valence-electron chi connectivity index (χ4n) is 2.27. The van der Waals surface area contributed by atoms with Gasteiger partial charge in [-0.3, -0.25) is 0 Å². The highest BCUT2D eigenvalue weighted by Crippen LogP contribution is 2.15. The van der Waals surface area contributed by atoms with E-state index in [1.54, 1.807) is 12.7 Å². The van der Waals surface area contributed by atoms with Crippen LogP contribution in [0.5, 0.6) is 0 Å². The molecular formula is C18H30N10. The van der Waals surface area contributed by atoms with Crippen molar-refractivity contribution < 1.29 is 0 Å². The van der Waals surface area contributed by atoms with Gasteiger partial charge < -0.3 is 20.2 Å². The summed E-state index contributed by atoms with van der Waals surface area (Å²) < 4.78 is 3.68. The molecule has 152 valence electrons. The van der Waals surface area contributed by atoms with Gasteiger partial charge in [0, 0.05) is 21.1 Å². The number of hydrogen-bond acceptors (Lipinski definition) is 8. The highest BCUT2D eigenvalue weighted by atomic mass is 15.1. The number of anilines is 2. The van der Waals surface area contributed by atoms with Crippen molar-refractivity contribution in [1.82, 2.24) is 39.0 Å². The minimum Gasteiger partial charge on any atom is -0.382 e. The molecule has 0 aliphatic carbocycles. The van der Waals surface area contributed by atoms with Crippen molar-refractivity contribution in [2.45, 2.75) is 34.6 Å². The number of nitrogens with zero attached hydrogens (tertiary/aromatic N) is 8. The lowest BCUT2D eigenvalue weighted by molar-refractivity contribution is 0.920. The summed E-state index contributed by atoms with van der Waals surface area (Å²) in [5.74, 6) is 1.88. The van der Waals surface area contributed by atoms with E-state index in [2.05, 4.69) is 35.2 Å². The maximum atomic E-state index is 5.64. The normalized spacial score (nSPS) is 9.57. The molecule has 0 saturated carbocycles. The summed E-state index contributed by atoms with van der Waals surface area (Å²) in [5.41, 5.74) is 8.74. The molecule has 4 aromatic heterocycles. The van der Waals surface area contributed by atoms with E-state index in [1.165, 1.54) is 6.33 Å². The molecular weight excluding hydrogens is 356 g/mol. The van der Waals surface area contributed by atoms with E-state index in [-0.39, 0.29) is 0 Å². The third-order valence-electron chi connectivity index (χ3n) is 3.43. The van der Waals surface area contributed by atoms with E-state index in [0.717, 1.165) is 22.6 Å². The number of nitrogen functional groups attached to an aromatic ring is 1. The summed E-state index contributed by atoms with van der Waals surface area (Å²) in [5, 5.41) is 2.96. The molecule has 10 nitrogen and oxygen atoms in total. The van der Waals surface area contributed by atoms with Gasteiger partial charge >= 0.3 is 0 Å². The second-order valence-corrected chi connectivity index (χ2v) is 5.18. The van der Waals surface area contributed by atoms with Gasteiger partial charge in [0.15, 0.2) is 22.9 Å². The lowest BCUT2D eigenvalue weighted by atomic mass is 10.5. The van der Waals surface area contributed by atoms with Crippen LogP contribution in [-0.2, 0) is 14.1 Å². The van der Waals surface area contributed by atoms with Crippen LogP contribution in [0.2, 0.25) is 0 Å². The summed E-state index contributed by atoms with van der Waals surface area (Å²) in [6.45, 7) is 9.81. The highest BCUT2D eigenvalue weighted by Gasteiger charge is 2.06. The summed E-state index contributed by atoms with van der Waals surface area (Å²) in [4.78, 5) is 24.6. The van der Waals surface area contributed by atoms with Crippen molar-refractivity contribution in [3.05, 3.63) is 24.8 Å². The molecule has 4 heterocycles. The van der Waals surface area contributed by atoms with Crippen LogP contribution in [0.25, 0.3) is 22.3 Å². The molecule has 0 amide bonds. The summed E-state index contributed by atoms with van der Waals surface area (Å²) in [6, 6.07) is 0. The van der Waals surface area contributed by atoms with Crippen molar-refractivity contribution in [2.75, 3.05) is 18.1 Å². The van der Waals surface area contributed by atoms with Gasteiger partial charge in [0.05, 0.1) is 12.7 Å². The van der Waals surface area contributed by atoms with Crippen LogP contribution < -0.4 is 11.1 Å². The van der Waals surface area contributed by atoms with Gasteiger partial charge in [-0.15, -0.1) is 0 Å². The summed E-state index contributed by atoms with van der Waals surface area (Å²) in [7, 11) is 5.60. The largest absolute Gasteiger partial charge is 0.382 e. The molecule has 0 aliphatic rings. The molecule has 0 unspecified atom stereocenters. The second kappa shape index (κ2) is 10.8. The van der Waals surface area contributed by atoms with Gasteiger partial charge in [-0.1, -0.05) is 27.7 Å². The van der Waals surface area contributed by atoms with Crippen LogP contribution in [0.15, 0.2) is 19.0 Å². The molecule has 3 N–H and O–H groups in total. The predicted molar refractivity (Wildman–Crippen MR) is 114 cm³/mol. The minimum absolute atomic E-state index is 0.443. The second-order valence-electron chi connectivity index (χ2n) is 5.18. The number of nitrogens with one attached hydrogen (secondary N) is 1. The van der Waals surface area contributed by atoms with E-state index in [4.69, 9.17) is 5.73 Å². The van der Waals surface area contributed by atoms with Crippen molar-refractivity contribution in [2.24, 2.45) is 14.1 Å². The Kier molecular flexibility index (Phi) is 8.73. The molecule has 4 aromatic rings. The average molecular weight is 387 g/mol. The van der Waals surface area contributed by atoms with Gasteiger partial charge in [0.25, 0.3) is 0 Å². The quantitative estimate of drug-likeness (QED) is 0.511. The number of hydrogen-bond donors (Lipinski definition) is 2. The molecule has 0 fully saturated rings.